The van der Waals surface area contributed by atoms with Crippen LogP contribution < -0.4 is 10.5 Å². The number of unbranched alkanes of at least 4 members (excludes halogenated alkanes) is 1. The minimum Gasteiger partial charge on any atom is -0.496 e. The first kappa shape index (κ1) is 19.1. The number of nitrogens with zero attached hydrogens (tertiary/aromatic N) is 1. The van der Waals surface area contributed by atoms with Crippen molar-refractivity contribution in [3.8, 4) is 17.1 Å². The van der Waals surface area contributed by atoms with Gasteiger partial charge in [-0.3, -0.25) is 0 Å². The predicted molar refractivity (Wildman–Crippen MR) is 118 cm³/mol. The van der Waals surface area contributed by atoms with Crippen molar-refractivity contribution < 1.29 is 4.74 Å². The van der Waals surface area contributed by atoms with E-state index in [9.17, 15) is 0 Å². The SMILES string of the molecule is COc1cc(-c2[nH]c3cc(Cl)cc(Cl)c3c2CCCCN)nc2ccccc12. The van der Waals surface area contributed by atoms with E-state index in [-0.39, 0.29) is 0 Å². The van der Waals surface area contributed by atoms with Gasteiger partial charge in [0.15, 0.2) is 0 Å². The molecule has 6 heteroatoms. The molecule has 0 bridgehead atoms. The highest BCUT2D eigenvalue weighted by atomic mass is 35.5. The zero-order valence-corrected chi connectivity index (χ0v) is 17.1. The third-order valence-electron chi connectivity index (χ3n) is 4.95. The van der Waals surface area contributed by atoms with Crippen molar-refractivity contribution in [2.24, 2.45) is 5.73 Å². The Hall–Kier alpha value is -2.27. The number of aryl methyl sites for hydroxylation is 1. The van der Waals surface area contributed by atoms with E-state index in [4.69, 9.17) is 38.7 Å². The lowest BCUT2D eigenvalue weighted by atomic mass is 10.0. The lowest BCUT2D eigenvalue weighted by molar-refractivity contribution is 0.419. The third kappa shape index (κ3) is 3.44. The number of H-pyrrole nitrogens is 1. The maximum Gasteiger partial charge on any atom is 0.130 e. The van der Waals surface area contributed by atoms with E-state index in [0.717, 1.165) is 63.8 Å². The molecule has 4 rings (SSSR count). The van der Waals surface area contributed by atoms with Gasteiger partial charge in [0, 0.05) is 27.4 Å². The second kappa shape index (κ2) is 8.00. The first-order valence-electron chi connectivity index (χ1n) is 9.26. The zero-order valence-electron chi connectivity index (χ0n) is 15.6. The van der Waals surface area contributed by atoms with Gasteiger partial charge in [-0.15, -0.1) is 0 Å². The number of para-hydroxylation sites is 1. The minimum atomic E-state index is 0.600. The molecule has 2 aromatic carbocycles. The quantitative estimate of drug-likeness (QED) is 0.382. The van der Waals surface area contributed by atoms with E-state index < -0.39 is 0 Å². The molecule has 144 valence electrons. The molecule has 2 aromatic heterocycles. The van der Waals surface area contributed by atoms with Crippen LogP contribution in [0.15, 0.2) is 42.5 Å². The van der Waals surface area contributed by atoms with Crippen LogP contribution in [0.2, 0.25) is 10.0 Å². The molecular formula is C22H21Cl2N3O. The van der Waals surface area contributed by atoms with Crippen LogP contribution in [-0.2, 0) is 6.42 Å². The van der Waals surface area contributed by atoms with E-state index in [1.807, 2.05) is 36.4 Å². The van der Waals surface area contributed by atoms with E-state index in [1.165, 1.54) is 0 Å². The summed E-state index contributed by atoms with van der Waals surface area (Å²) in [7, 11) is 1.68. The van der Waals surface area contributed by atoms with Gasteiger partial charge in [-0.05, 0) is 55.6 Å². The maximum atomic E-state index is 6.56. The molecule has 2 heterocycles. The van der Waals surface area contributed by atoms with E-state index in [1.54, 1.807) is 13.2 Å². The number of aromatic nitrogens is 2. The van der Waals surface area contributed by atoms with E-state index in [0.29, 0.717) is 16.6 Å². The molecule has 3 N–H and O–H groups in total. The minimum absolute atomic E-state index is 0.600. The summed E-state index contributed by atoms with van der Waals surface area (Å²) in [5, 5.41) is 3.21. The summed E-state index contributed by atoms with van der Waals surface area (Å²) < 4.78 is 5.63. The average molecular weight is 414 g/mol. The zero-order chi connectivity index (χ0) is 19.7. The highest BCUT2D eigenvalue weighted by Crippen LogP contribution is 2.38. The van der Waals surface area contributed by atoms with Gasteiger partial charge in [0.05, 0.1) is 29.0 Å². The number of halogens is 2. The van der Waals surface area contributed by atoms with Crippen LogP contribution >= 0.6 is 23.2 Å². The third-order valence-corrected chi connectivity index (χ3v) is 5.47. The average Bonchev–Trinajstić information content (AvgIpc) is 3.06. The van der Waals surface area contributed by atoms with Gasteiger partial charge in [0.1, 0.15) is 5.75 Å². The molecule has 4 nitrogen and oxygen atoms in total. The molecule has 0 unspecified atom stereocenters. The summed E-state index contributed by atoms with van der Waals surface area (Å²) in [5.74, 6) is 0.788. The van der Waals surface area contributed by atoms with Crippen LogP contribution in [0.5, 0.6) is 5.75 Å². The Labute approximate surface area is 173 Å². The van der Waals surface area contributed by atoms with Crippen molar-refractivity contribution in [1.29, 1.82) is 0 Å². The molecule has 4 aromatic rings. The number of aromatic amines is 1. The topological polar surface area (TPSA) is 63.9 Å². The fourth-order valence-electron chi connectivity index (χ4n) is 3.67. The van der Waals surface area contributed by atoms with E-state index in [2.05, 4.69) is 4.98 Å². The van der Waals surface area contributed by atoms with Crippen molar-refractivity contribution in [1.82, 2.24) is 9.97 Å². The van der Waals surface area contributed by atoms with Gasteiger partial charge in [-0.1, -0.05) is 35.3 Å². The van der Waals surface area contributed by atoms with Gasteiger partial charge in [0.2, 0.25) is 0 Å². The van der Waals surface area contributed by atoms with Crippen LogP contribution in [-0.4, -0.2) is 23.6 Å². The Morgan fingerprint density at radius 3 is 2.71 bits per heavy atom. The molecule has 0 saturated carbocycles. The molecule has 0 spiro atoms. The van der Waals surface area contributed by atoms with Crippen LogP contribution in [0.4, 0.5) is 0 Å². The van der Waals surface area contributed by atoms with Crippen LogP contribution in [0.3, 0.4) is 0 Å². The number of pyridine rings is 1. The van der Waals surface area contributed by atoms with Crippen molar-refractivity contribution in [3.05, 3.63) is 58.1 Å². The second-order valence-electron chi connectivity index (χ2n) is 6.76. The maximum absolute atomic E-state index is 6.56. The number of benzene rings is 2. The Kier molecular flexibility index (Phi) is 5.44. The van der Waals surface area contributed by atoms with Crippen LogP contribution in [0, 0.1) is 0 Å². The molecule has 0 saturated heterocycles. The largest absolute Gasteiger partial charge is 0.496 e. The molecule has 0 radical (unpaired) electrons. The Balaban J connectivity index is 1.96. The first-order chi connectivity index (χ1) is 13.6. The fraction of sp³-hybridized carbons (Fsp3) is 0.227. The van der Waals surface area contributed by atoms with Gasteiger partial charge in [-0.25, -0.2) is 4.98 Å². The van der Waals surface area contributed by atoms with Crippen LogP contribution in [0.1, 0.15) is 18.4 Å². The number of hydrogen-bond acceptors (Lipinski definition) is 3. The molecular weight excluding hydrogens is 393 g/mol. The van der Waals surface area contributed by atoms with E-state index >= 15 is 0 Å². The highest BCUT2D eigenvalue weighted by molar-refractivity contribution is 6.39. The normalized spacial score (nSPS) is 11.4. The summed E-state index contributed by atoms with van der Waals surface area (Å²) in [6.07, 6.45) is 2.77. The predicted octanol–water partition coefficient (Wildman–Crippen LogP) is 5.98. The highest BCUT2D eigenvalue weighted by Gasteiger charge is 2.18. The summed E-state index contributed by atoms with van der Waals surface area (Å²) in [5.41, 5.74) is 10.4. The Morgan fingerprint density at radius 2 is 1.93 bits per heavy atom. The van der Waals surface area contributed by atoms with Crippen molar-refractivity contribution in [3.63, 3.8) is 0 Å². The summed E-state index contributed by atoms with van der Waals surface area (Å²) in [6.45, 7) is 0.666. The number of methoxy groups -OCH3 is 1. The standard InChI is InChI=1S/C22H21Cl2N3O/c1-28-20-12-19(26-17-8-3-2-6-14(17)20)22-15(7-4-5-9-25)21-16(24)10-13(23)11-18(21)27-22/h2-3,6,8,10-12,27H,4-5,7,9,25H2,1H3. The molecule has 0 fully saturated rings. The Morgan fingerprint density at radius 1 is 1.11 bits per heavy atom. The first-order valence-corrected chi connectivity index (χ1v) is 10.0. The van der Waals surface area contributed by atoms with Gasteiger partial charge in [-0.2, -0.15) is 0 Å². The fourth-order valence-corrected chi connectivity index (χ4v) is 4.28. The number of rotatable bonds is 6. The summed E-state index contributed by atoms with van der Waals surface area (Å²) in [4.78, 5) is 8.37. The van der Waals surface area contributed by atoms with Gasteiger partial charge < -0.3 is 15.5 Å². The lowest BCUT2D eigenvalue weighted by Gasteiger charge is -2.10. The number of nitrogens with two attached hydrogens (primary N) is 1. The number of nitrogens with one attached hydrogen (secondary N) is 1. The number of ether oxygens (including phenoxy) is 1. The molecule has 0 aliphatic rings. The smallest absolute Gasteiger partial charge is 0.130 e. The van der Waals surface area contributed by atoms with Crippen molar-refractivity contribution in [2.45, 2.75) is 19.3 Å². The molecule has 0 aliphatic heterocycles. The number of hydrogen-bond donors (Lipinski definition) is 2. The molecule has 0 amide bonds. The second-order valence-corrected chi connectivity index (χ2v) is 7.61. The van der Waals surface area contributed by atoms with Gasteiger partial charge in [0.25, 0.3) is 0 Å². The summed E-state index contributed by atoms with van der Waals surface area (Å²) >= 11 is 12.8. The molecule has 28 heavy (non-hydrogen) atoms. The van der Waals surface area contributed by atoms with Crippen LogP contribution in [0.25, 0.3) is 33.2 Å². The molecule has 0 atom stereocenters. The van der Waals surface area contributed by atoms with Gasteiger partial charge >= 0.3 is 0 Å². The molecule has 0 aliphatic carbocycles. The lowest BCUT2D eigenvalue weighted by Crippen LogP contribution is -2.00. The summed E-state index contributed by atoms with van der Waals surface area (Å²) in [6, 6.07) is 13.6. The van der Waals surface area contributed by atoms with Crippen molar-refractivity contribution >= 4 is 45.0 Å². The monoisotopic (exact) mass is 413 g/mol. The number of fused-ring (bicyclic) bond motifs is 2. The Bertz CT molecular complexity index is 1150. The van der Waals surface area contributed by atoms with Crippen molar-refractivity contribution in [2.75, 3.05) is 13.7 Å².